The van der Waals surface area contributed by atoms with Crippen LogP contribution in [0.5, 0.6) is 0 Å². The number of nitrogens with zero attached hydrogens (tertiary/aromatic N) is 3. The first kappa shape index (κ1) is 92.0. The van der Waals surface area contributed by atoms with Crippen LogP contribution < -0.4 is 10.6 Å². The molecule has 4 bridgehead atoms. The van der Waals surface area contributed by atoms with Crippen molar-refractivity contribution in [1.82, 2.24) is 25.5 Å². The SMILES string of the molecule is C=C[C@@H]1O[C@@H]2C3=C(C)[C@@H](OC(=O)[C@H](O)[C@@H](NC(=O)OC(C)(C)C)c4ccccn4)C[C@@](O)([C@@H](OC(=O)c4ccccc4)[C@H]4[C@@](C)(CC[C@H]5OC[C@]54OC(C)=O)[C@@H]2O1)C3(C)C.COC1CN(C[C@@H]2O[C@@H]3C4=C(C)[C@@H](OC(=O)[C@H](O)[C@@H](NC(=O)OC(C)(C)C)c5ccccn5)C[C@@](O)([C@@H](OC(=O)c5ccccc5)[C@H]5[C@@](C)(CC[C@H]6OC[C@]65OC(C)=O)[C@@H]3O2)C4(C)C)C1. The van der Waals surface area contributed by atoms with Crippen molar-refractivity contribution in [3.05, 3.63) is 167 Å². The van der Waals surface area contributed by atoms with Crippen LogP contribution in [0.1, 0.15) is 193 Å². The van der Waals surface area contributed by atoms with Crippen LogP contribution in [0.15, 0.2) is 144 Å². The van der Waals surface area contributed by atoms with Gasteiger partial charge in [-0.3, -0.25) is 24.5 Å². The fraction of sp³-hybridized carbons (Fsp3) is 0.613. The third-order valence-electron chi connectivity index (χ3n) is 27.9. The highest BCUT2D eigenvalue weighted by atomic mass is 16.7. The first-order valence-corrected chi connectivity index (χ1v) is 42.9. The number of aliphatic hydroxyl groups excluding tert-OH is 2. The summed E-state index contributed by atoms with van der Waals surface area (Å²) >= 11 is 0. The number of ether oxygens (including phenoxy) is 15. The van der Waals surface area contributed by atoms with E-state index in [1.807, 2.05) is 41.5 Å². The maximum Gasteiger partial charge on any atom is 0.408 e. The number of amides is 2. The number of alkyl carbamates (subject to hydrolysis) is 2. The van der Waals surface area contributed by atoms with E-state index in [1.165, 1.54) is 38.4 Å². The van der Waals surface area contributed by atoms with Gasteiger partial charge < -0.3 is 102 Å². The first-order chi connectivity index (χ1) is 58.8. The third kappa shape index (κ3) is 16.8. The standard InChI is InChI=1S/C48H63N3O14.C45H56N2O13/c1-26-31(60-42(55)36(53)35(30-17-13-14-20-49-30)50-43(56)65-44(3,4)5)21-48(57)40(63-41(54)28-15-11-10-12-16-28)38-46(8,19-18-32-47(38,25-59-32)64-27(2)52)39-37(34(26)45(48,6)7)61-33(62-39)24-51-22-29(23-51)58-9;1-10-30-56-34-31-24(2)28(55-39(51)33(49)32(27-18-14-15-21-46-27)47-40(52)60-41(4,5)6)22-45(53,42(31,7)8)37(58-38(50)26-16-12-11-13-17-26)35-43(9,36(34)57-30)20-19-29-44(35,23-54-29)59-25(3)48/h10-17,20,29,31-33,35-40,53,57H,18-19,21-25H2,1-9H3,(H,50,56);10-18,21,28-30,32-37,49,53H,1,19-20,22-23H2,2-9H3,(H,47,52)/t31-,32+,33+,35-,36+,37+,38-,39+,40-,46+,47-,48+;28-,29+,30+,32-,33+,34+,35-,36+,37-,43+,44-,45+/m00/s1. The van der Waals surface area contributed by atoms with Crippen molar-refractivity contribution < 1.29 is 130 Å². The van der Waals surface area contributed by atoms with Gasteiger partial charge in [-0.1, -0.05) is 96.7 Å². The van der Waals surface area contributed by atoms with Crippen molar-refractivity contribution in [2.45, 2.75) is 287 Å². The fourth-order valence-corrected chi connectivity index (χ4v) is 21.9. The molecule has 0 unspecified atom stereocenters. The predicted octanol–water partition coefficient (Wildman–Crippen LogP) is 9.24. The number of esters is 6. The molecular weight excluding hydrogens is 1620 g/mol. The highest BCUT2D eigenvalue weighted by molar-refractivity contribution is 5.90. The molecule has 125 heavy (non-hydrogen) atoms. The smallest absolute Gasteiger partial charge is 0.408 e. The quantitative estimate of drug-likeness (QED) is 0.0272. The number of carbonyl (C=O) groups excluding carboxylic acids is 8. The van der Waals surface area contributed by atoms with Gasteiger partial charge in [0.25, 0.3) is 0 Å². The molecule has 4 aromatic rings. The van der Waals surface area contributed by atoms with Gasteiger partial charge in [0.2, 0.25) is 0 Å². The minimum absolute atomic E-state index is 0.0346. The summed E-state index contributed by atoms with van der Waals surface area (Å²) in [6.07, 6.45) is -11.5. The van der Waals surface area contributed by atoms with E-state index < -0.39 is 213 Å². The van der Waals surface area contributed by atoms with Crippen LogP contribution in [0, 0.1) is 33.5 Å². The fourth-order valence-electron chi connectivity index (χ4n) is 21.9. The van der Waals surface area contributed by atoms with E-state index in [2.05, 4.69) is 32.1 Å². The van der Waals surface area contributed by atoms with Gasteiger partial charge in [-0.25, -0.2) is 28.8 Å². The maximum atomic E-state index is 14.5. The van der Waals surface area contributed by atoms with E-state index in [0.717, 1.165) is 0 Å². The van der Waals surface area contributed by atoms with Crippen LogP contribution in [0.25, 0.3) is 0 Å². The van der Waals surface area contributed by atoms with Crippen LogP contribution in [-0.4, -0.2) is 249 Å². The zero-order chi connectivity index (χ0) is 90.4. The van der Waals surface area contributed by atoms with E-state index in [1.54, 1.807) is 153 Å². The van der Waals surface area contributed by atoms with E-state index >= 15 is 0 Å². The Hall–Kier alpha value is -9.16. The normalized spacial score (nSPS) is 35.0. The molecule has 32 nitrogen and oxygen atoms in total. The second kappa shape index (κ2) is 34.5. The van der Waals surface area contributed by atoms with Crippen molar-refractivity contribution in [2.24, 2.45) is 33.5 Å². The number of nitrogens with one attached hydrogen (secondary N) is 2. The zero-order valence-corrected chi connectivity index (χ0v) is 73.9. The van der Waals surface area contributed by atoms with Gasteiger partial charge in [0.1, 0.15) is 83.3 Å². The number of aromatic nitrogens is 2. The second-order valence-electron chi connectivity index (χ2n) is 38.7. The van der Waals surface area contributed by atoms with E-state index in [-0.39, 0.29) is 54.7 Å². The topological polar surface area (TPSA) is 409 Å². The van der Waals surface area contributed by atoms with Crippen molar-refractivity contribution >= 4 is 48.0 Å². The van der Waals surface area contributed by atoms with E-state index in [4.69, 9.17) is 71.1 Å². The Morgan fingerprint density at radius 2 is 0.968 bits per heavy atom. The number of hydrogen-bond acceptors (Lipinski definition) is 30. The lowest BCUT2D eigenvalue weighted by Gasteiger charge is -2.68. The minimum Gasteiger partial charge on any atom is -0.456 e. The monoisotopic (exact) mass is 1740 g/mol. The van der Waals surface area contributed by atoms with E-state index in [0.29, 0.717) is 67.6 Å². The summed E-state index contributed by atoms with van der Waals surface area (Å²) in [6.45, 7) is 33.2. The maximum absolute atomic E-state index is 14.5. The minimum atomic E-state index is -2.08. The number of fused-ring (bicyclic) bond motifs is 16. The Morgan fingerprint density at radius 1 is 0.568 bits per heavy atom. The van der Waals surface area contributed by atoms with Gasteiger partial charge in [-0.15, -0.1) is 0 Å². The second-order valence-corrected chi connectivity index (χ2v) is 38.7. The number of likely N-dealkylation sites (tertiary alicyclic amines) is 1. The van der Waals surface area contributed by atoms with Crippen LogP contribution in [0.3, 0.4) is 0 Å². The molecule has 15 rings (SSSR count). The molecule has 678 valence electrons. The van der Waals surface area contributed by atoms with Crippen molar-refractivity contribution in [3.8, 4) is 0 Å². The van der Waals surface area contributed by atoms with Crippen molar-refractivity contribution in [1.29, 1.82) is 0 Å². The van der Waals surface area contributed by atoms with Crippen molar-refractivity contribution in [3.63, 3.8) is 0 Å². The molecule has 9 fully saturated rings. The molecule has 6 N–H and O–H groups in total. The summed E-state index contributed by atoms with van der Waals surface area (Å²) in [5, 5.41) is 56.4. The molecule has 11 aliphatic rings. The lowest BCUT2D eigenvalue weighted by atomic mass is 9.45. The van der Waals surface area contributed by atoms with Gasteiger partial charge in [-0.2, -0.15) is 0 Å². The van der Waals surface area contributed by atoms with Crippen molar-refractivity contribution in [2.75, 3.05) is 40.0 Å². The van der Waals surface area contributed by atoms with Crippen LogP contribution in [0.4, 0.5) is 9.59 Å². The Balaban J connectivity index is 0.000000204. The molecule has 0 radical (unpaired) electrons. The highest BCUT2D eigenvalue weighted by Gasteiger charge is 2.80. The molecule has 32 heteroatoms. The van der Waals surface area contributed by atoms with Crippen LogP contribution >= 0.6 is 0 Å². The van der Waals surface area contributed by atoms with Crippen LogP contribution in [-0.2, 0) is 90.2 Å². The van der Waals surface area contributed by atoms with Gasteiger partial charge >= 0.3 is 48.0 Å². The molecule has 2 aromatic carbocycles. The summed E-state index contributed by atoms with van der Waals surface area (Å²) in [6, 6.07) is 23.6. The average Bonchev–Trinajstić information content (AvgIpc) is 1.65. The van der Waals surface area contributed by atoms with Gasteiger partial charge in [0, 0.05) is 87.5 Å². The number of carbonyl (C=O) groups is 8. The number of rotatable bonds is 20. The van der Waals surface area contributed by atoms with Gasteiger partial charge in [0.05, 0.1) is 65.9 Å². The molecule has 2 amide bonds. The number of hydrogen-bond donors (Lipinski definition) is 6. The van der Waals surface area contributed by atoms with E-state index in [9.17, 15) is 58.8 Å². The first-order valence-electron chi connectivity index (χ1n) is 42.9. The zero-order valence-electron chi connectivity index (χ0n) is 73.9. The third-order valence-corrected chi connectivity index (χ3v) is 27.9. The Bertz CT molecular complexity index is 4790. The molecule has 0 spiro atoms. The average molecular weight is 1740 g/mol. The number of pyridine rings is 2. The number of benzene rings is 2. The highest BCUT2D eigenvalue weighted by Crippen LogP contribution is 2.70. The molecule has 6 aliphatic carbocycles. The summed E-state index contributed by atoms with van der Waals surface area (Å²) in [7, 11) is 1.67. The number of methoxy groups -OCH3 is 1. The summed E-state index contributed by atoms with van der Waals surface area (Å²) in [4.78, 5) is 121. The molecule has 24 atom stereocenters. The van der Waals surface area contributed by atoms with Crippen LogP contribution in [0.2, 0.25) is 0 Å². The molecular formula is C93H119N5O27. The predicted molar refractivity (Wildman–Crippen MR) is 442 cm³/mol. The largest absolute Gasteiger partial charge is 0.456 e. The summed E-state index contributed by atoms with van der Waals surface area (Å²) in [5.74, 6) is -6.79. The Kier molecular flexibility index (Phi) is 25.4. The summed E-state index contributed by atoms with van der Waals surface area (Å²) in [5.41, 5.74) is -10.3. The molecule has 5 saturated heterocycles. The molecule has 2 aromatic heterocycles. The Labute approximate surface area is 727 Å². The lowest BCUT2D eigenvalue weighted by molar-refractivity contribution is -0.345. The molecule has 5 aliphatic heterocycles. The molecule has 7 heterocycles. The van der Waals surface area contributed by atoms with Gasteiger partial charge in [0.15, 0.2) is 36.0 Å². The summed E-state index contributed by atoms with van der Waals surface area (Å²) < 4.78 is 94.6. The lowest BCUT2D eigenvalue weighted by Crippen LogP contribution is -2.79. The molecule has 4 saturated carbocycles. The Morgan fingerprint density at radius 3 is 1.33 bits per heavy atom. The number of aliphatic hydroxyl groups is 4. The van der Waals surface area contributed by atoms with Gasteiger partial charge in [-0.05, 0) is 158 Å².